The molecule has 0 bridgehead atoms. The number of para-hydroxylation sites is 2. The van der Waals surface area contributed by atoms with E-state index in [4.69, 9.17) is 9.47 Å². The molecule has 2 nitrogen and oxygen atoms in total. The van der Waals surface area contributed by atoms with Gasteiger partial charge < -0.3 is 9.47 Å². The van der Waals surface area contributed by atoms with Crippen molar-refractivity contribution < 1.29 is 35.8 Å². The minimum Gasteiger partial charge on any atom is -0.478 e. The summed E-state index contributed by atoms with van der Waals surface area (Å²) in [6, 6.07) is 12.0. The van der Waals surface area contributed by atoms with Gasteiger partial charge in [0.25, 0.3) is 0 Å². The van der Waals surface area contributed by atoms with Gasteiger partial charge in [0.15, 0.2) is 11.2 Å². The van der Waals surface area contributed by atoms with Crippen LogP contribution in [0.5, 0.6) is 11.5 Å². The molecule has 4 aliphatic rings. The average Bonchev–Trinajstić information content (AvgIpc) is 3.21. The van der Waals surface area contributed by atoms with E-state index in [0.717, 1.165) is 0 Å². The van der Waals surface area contributed by atoms with E-state index in [2.05, 4.69) is 0 Å². The summed E-state index contributed by atoms with van der Waals surface area (Å²) in [5, 5.41) is 0. The van der Waals surface area contributed by atoms with Crippen molar-refractivity contribution in [1.29, 1.82) is 0 Å². The van der Waals surface area contributed by atoms with E-state index >= 15 is 17.6 Å². The maximum Gasteiger partial charge on any atom is 0.380 e. The van der Waals surface area contributed by atoms with Crippen molar-refractivity contribution in [3.05, 3.63) is 70.8 Å². The molecule has 160 valence electrons. The lowest BCUT2D eigenvalue weighted by molar-refractivity contribution is -0.257. The van der Waals surface area contributed by atoms with Crippen LogP contribution < -0.4 is 9.47 Å². The zero-order valence-corrected chi connectivity index (χ0v) is 16.2. The summed E-state index contributed by atoms with van der Waals surface area (Å²) in [4.78, 5) is 0. The average molecular weight is 436 g/mol. The van der Waals surface area contributed by atoms with Crippen molar-refractivity contribution in [2.24, 2.45) is 0 Å². The van der Waals surface area contributed by atoms with Gasteiger partial charge >= 0.3 is 17.8 Å². The van der Waals surface area contributed by atoms with E-state index in [1.807, 2.05) is 0 Å². The van der Waals surface area contributed by atoms with Crippen molar-refractivity contribution in [1.82, 2.24) is 0 Å². The van der Waals surface area contributed by atoms with Gasteiger partial charge in [-0.2, -0.15) is 26.3 Å². The molecular formula is C23H14F6O2. The molecule has 0 saturated heterocycles. The lowest BCUT2D eigenvalue weighted by atomic mass is 9.65. The van der Waals surface area contributed by atoms with Gasteiger partial charge in [0.05, 0.1) is 0 Å². The van der Waals surface area contributed by atoms with Gasteiger partial charge in [-0.1, -0.05) is 36.4 Å². The van der Waals surface area contributed by atoms with Gasteiger partial charge in [-0.25, -0.2) is 0 Å². The summed E-state index contributed by atoms with van der Waals surface area (Å²) in [6.45, 7) is 2.84. The van der Waals surface area contributed by atoms with Crippen LogP contribution in [0.1, 0.15) is 25.0 Å². The number of ether oxygens (including phenoxy) is 2. The molecule has 2 heterocycles. The van der Waals surface area contributed by atoms with Crippen LogP contribution in [0.2, 0.25) is 0 Å². The van der Waals surface area contributed by atoms with Crippen LogP contribution in [0.15, 0.2) is 59.7 Å². The van der Waals surface area contributed by atoms with Crippen LogP contribution in [0, 0.1) is 0 Å². The molecule has 2 aromatic rings. The Kier molecular flexibility index (Phi) is 3.00. The highest BCUT2D eigenvalue weighted by Crippen LogP contribution is 2.73. The number of alkyl halides is 6. The number of hydrogen-bond acceptors (Lipinski definition) is 2. The number of rotatable bonds is 0. The molecule has 0 radical (unpaired) electrons. The van der Waals surface area contributed by atoms with E-state index in [0.29, 0.717) is 0 Å². The highest BCUT2D eigenvalue weighted by molar-refractivity contribution is 6.01. The first-order valence-electron chi connectivity index (χ1n) is 9.61. The third-order valence-electron chi connectivity index (χ3n) is 6.97. The van der Waals surface area contributed by atoms with Crippen LogP contribution in [0.25, 0.3) is 11.1 Å². The molecule has 1 saturated carbocycles. The predicted octanol–water partition coefficient (Wildman–Crippen LogP) is 6.13. The largest absolute Gasteiger partial charge is 0.478 e. The minimum absolute atomic E-state index is 0.0745. The van der Waals surface area contributed by atoms with Crippen LogP contribution in [0.3, 0.4) is 0 Å². The fraction of sp³-hybridized carbons (Fsp3) is 0.304. The van der Waals surface area contributed by atoms with Crippen LogP contribution in [-0.2, 0) is 0 Å². The van der Waals surface area contributed by atoms with Crippen molar-refractivity contribution in [2.45, 2.75) is 42.8 Å². The number of halogens is 6. The van der Waals surface area contributed by atoms with Gasteiger partial charge in [-0.3, -0.25) is 0 Å². The second-order valence-corrected chi connectivity index (χ2v) is 8.49. The second kappa shape index (κ2) is 4.95. The van der Waals surface area contributed by atoms with Crippen LogP contribution >= 0.6 is 0 Å². The van der Waals surface area contributed by atoms with E-state index in [9.17, 15) is 8.78 Å². The summed E-state index contributed by atoms with van der Waals surface area (Å²) < 4.78 is 102. The maximum atomic E-state index is 15.2. The minimum atomic E-state index is -5.62. The van der Waals surface area contributed by atoms with Gasteiger partial charge in [0.2, 0.25) is 0 Å². The first-order chi connectivity index (χ1) is 14.4. The summed E-state index contributed by atoms with van der Waals surface area (Å²) in [7, 11) is 0. The van der Waals surface area contributed by atoms with Gasteiger partial charge in [-0.05, 0) is 26.0 Å². The molecule has 2 atom stereocenters. The summed E-state index contributed by atoms with van der Waals surface area (Å²) in [5.74, 6) is -15.6. The molecule has 6 rings (SSSR count). The molecule has 2 aromatic carbocycles. The Labute approximate surface area is 172 Å². The molecule has 0 unspecified atom stereocenters. The number of hydrogen-bond donors (Lipinski definition) is 0. The quantitative estimate of drug-likeness (QED) is 0.463. The highest BCUT2D eigenvalue weighted by Gasteiger charge is 2.85. The van der Waals surface area contributed by atoms with Gasteiger partial charge in [0.1, 0.15) is 11.5 Å². The lowest BCUT2D eigenvalue weighted by Crippen LogP contribution is -2.58. The molecule has 2 aliphatic carbocycles. The zero-order chi connectivity index (χ0) is 22.2. The first-order valence-corrected chi connectivity index (χ1v) is 9.61. The van der Waals surface area contributed by atoms with Crippen molar-refractivity contribution >= 4 is 11.1 Å². The monoisotopic (exact) mass is 436 g/mol. The molecule has 0 spiro atoms. The number of allylic oxidation sites excluding steroid dienone is 2. The summed E-state index contributed by atoms with van der Waals surface area (Å²) >= 11 is 0. The van der Waals surface area contributed by atoms with Crippen LogP contribution in [0.4, 0.5) is 26.3 Å². The Hall–Kier alpha value is -2.90. The normalized spacial score (nSPS) is 32.5. The van der Waals surface area contributed by atoms with Crippen LogP contribution in [-0.4, -0.2) is 29.0 Å². The smallest absolute Gasteiger partial charge is 0.380 e. The van der Waals surface area contributed by atoms with Crippen molar-refractivity contribution in [3.63, 3.8) is 0 Å². The molecule has 2 aliphatic heterocycles. The SMILES string of the molecule is C[C@@]12Oc3ccccc3C1=C1C(=C3c4ccccc4O[C@]32C)C(F)(F)C(F)(F)C1(F)F. The Balaban J connectivity index is 1.86. The predicted molar refractivity (Wildman–Crippen MR) is 99.6 cm³/mol. The lowest BCUT2D eigenvalue weighted by Gasteiger charge is -2.45. The zero-order valence-electron chi connectivity index (χ0n) is 16.2. The fourth-order valence-electron chi connectivity index (χ4n) is 5.39. The molecule has 31 heavy (non-hydrogen) atoms. The standard InChI is InChI=1S/C23H14F6O2/c1-19-15(11-7-3-5-9-13(11)30-19)17-18(22(26,27)23(28,29)21(17,24)25)16-12-8-4-6-10-14(12)31-20(16,19)2/h3-10H,1-2H3/t19-,20-/m1/s1. The third kappa shape index (κ3) is 1.70. The highest BCUT2D eigenvalue weighted by atomic mass is 19.3. The van der Waals surface area contributed by atoms with Gasteiger partial charge in [0, 0.05) is 33.4 Å². The van der Waals surface area contributed by atoms with E-state index in [-0.39, 0.29) is 33.8 Å². The molecule has 0 aromatic heterocycles. The molecule has 1 fully saturated rings. The van der Waals surface area contributed by atoms with E-state index < -0.39 is 40.1 Å². The maximum absolute atomic E-state index is 15.2. The van der Waals surface area contributed by atoms with E-state index in [1.165, 1.54) is 50.2 Å². The first kappa shape index (κ1) is 18.8. The second-order valence-electron chi connectivity index (χ2n) is 8.49. The topological polar surface area (TPSA) is 18.5 Å². The Bertz CT molecular complexity index is 1160. The third-order valence-corrected chi connectivity index (χ3v) is 6.97. The Morgan fingerprint density at radius 1 is 0.548 bits per heavy atom. The Morgan fingerprint density at radius 2 is 0.903 bits per heavy atom. The van der Waals surface area contributed by atoms with Crippen molar-refractivity contribution in [3.8, 4) is 11.5 Å². The van der Waals surface area contributed by atoms with E-state index in [1.54, 1.807) is 12.1 Å². The number of fused-ring (bicyclic) bond motifs is 8. The fourth-order valence-corrected chi connectivity index (χ4v) is 5.39. The van der Waals surface area contributed by atoms with Gasteiger partial charge in [-0.15, -0.1) is 0 Å². The molecular weight excluding hydrogens is 422 g/mol. The molecule has 0 N–H and O–H groups in total. The Morgan fingerprint density at radius 3 is 1.29 bits per heavy atom. The summed E-state index contributed by atoms with van der Waals surface area (Å²) in [6.07, 6.45) is 0. The summed E-state index contributed by atoms with van der Waals surface area (Å²) in [5.41, 5.74) is -6.87. The van der Waals surface area contributed by atoms with Crippen molar-refractivity contribution in [2.75, 3.05) is 0 Å². The molecule has 0 amide bonds. The number of benzene rings is 2. The molecule has 8 heteroatoms.